The van der Waals surface area contributed by atoms with Gasteiger partial charge in [0.1, 0.15) is 0 Å². The van der Waals surface area contributed by atoms with Crippen molar-refractivity contribution in [3.63, 3.8) is 0 Å². The first kappa shape index (κ1) is 15.9. The number of hydrogen-bond donors (Lipinski definition) is 2. The normalized spacial score (nSPS) is 17.6. The first-order chi connectivity index (χ1) is 9.84. The summed E-state index contributed by atoms with van der Waals surface area (Å²) in [5.41, 5.74) is 0.567. The van der Waals surface area contributed by atoms with E-state index in [1.54, 1.807) is 0 Å². The number of piperidine rings is 1. The summed E-state index contributed by atoms with van der Waals surface area (Å²) >= 11 is 0. The predicted octanol–water partition coefficient (Wildman–Crippen LogP) is 1.00. The van der Waals surface area contributed by atoms with Gasteiger partial charge in [0, 0.05) is 5.69 Å². The number of carbonyl (C=O) groups excluding carboxylic acids is 1. The maximum atomic E-state index is 11.9. The number of sulfonamides is 1. The summed E-state index contributed by atoms with van der Waals surface area (Å²) in [5.74, 6) is 0.642. The summed E-state index contributed by atoms with van der Waals surface area (Å²) in [6.07, 6.45) is 2.24. The molecule has 0 saturated carbocycles. The molecule has 1 aromatic rings. The summed E-state index contributed by atoms with van der Waals surface area (Å²) in [4.78, 5) is 14.1. The van der Waals surface area contributed by atoms with Gasteiger partial charge in [0.25, 0.3) is 0 Å². The van der Waals surface area contributed by atoms with E-state index < -0.39 is 10.0 Å². The van der Waals surface area contributed by atoms with E-state index in [1.165, 1.54) is 24.3 Å². The van der Waals surface area contributed by atoms with Crippen LogP contribution in [-0.4, -0.2) is 38.9 Å². The van der Waals surface area contributed by atoms with E-state index in [9.17, 15) is 13.2 Å². The molecule has 116 valence electrons. The topological polar surface area (TPSA) is 92.5 Å². The highest BCUT2D eigenvalue weighted by molar-refractivity contribution is 7.89. The molecule has 0 bridgehead atoms. The number of likely N-dealkylation sites (tertiary alicyclic amines) is 1. The Bertz CT molecular complexity index is 590. The zero-order valence-electron chi connectivity index (χ0n) is 12.1. The Labute approximate surface area is 125 Å². The van der Waals surface area contributed by atoms with Crippen LogP contribution in [0.2, 0.25) is 0 Å². The third kappa shape index (κ3) is 4.80. The molecule has 1 heterocycles. The summed E-state index contributed by atoms with van der Waals surface area (Å²) in [5, 5.41) is 7.78. The maximum absolute atomic E-state index is 11.9. The van der Waals surface area contributed by atoms with Crippen molar-refractivity contribution < 1.29 is 13.2 Å². The number of rotatable bonds is 4. The van der Waals surface area contributed by atoms with Crippen molar-refractivity contribution in [1.29, 1.82) is 0 Å². The lowest BCUT2D eigenvalue weighted by molar-refractivity contribution is -0.117. The molecule has 7 heteroatoms. The number of nitrogens with zero attached hydrogens (tertiary/aromatic N) is 1. The highest BCUT2D eigenvalue weighted by Crippen LogP contribution is 2.16. The van der Waals surface area contributed by atoms with Crippen LogP contribution < -0.4 is 10.5 Å². The number of hydrogen-bond acceptors (Lipinski definition) is 4. The molecule has 3 N–H and O–H groups in total. The minimum absolute atomic E-state index is 0.0329. The fraction of sp³-hybridized carbons (Fsp3) is 0.500. The van der Waals surface area contributed by atoms with Crippen LogP contribution in [0.25, 0.3) is 0 Å². The average Bonchev–Trinajstić information content (AvgIpc) is 2.41. The molecule has 1 saturated heterocycles. The van der Waals surface area contributed by atoms with Crippen molar-refractivity contribution in [2.24, 2.45) is 11.1 Å². The number of anilines is 1. The predicted molar refractivity (Wildman–Crippen MR) is 81.3 cm³/mol. The van der Waals surface area contributed by atoms with E-state index in [2.05, 4.69) is 17.1 Å². The van der Waals surface area contributed by atoms with Crippen LogP contribution in [0.1, 0.15) is 19.8 Å². The Morgan fingerprint density at radius 3 is 2.38 bits per heavy atom. The van der Waals surface area contributed by atoms with Gasteiger partial charge in [-0.05, 0) is 56.1 Å². The average molecular weight is 311 g/mol. The van der Waals surface area contributed by atoms with Gasteiger partial charge in [0.05, 0.1) is 11.4 Å². The molecule has 0 aromatic heterocycles. The first-order valence-electron chi connectivity index (χ1n) is 6.99. The van der Waals surface area contributed by atoms with Crippen LogP contribution in [0.15, 0.2) is 29.2 Å². The minimum Gasteiger partial charge on any atom is -0.325 e. The highest BCUT2D eigenvalue weighted by Gasteiger charge is 2.18. The van der Waals surface area contributed by atoms with Gasteiger partial charge < -0.3 is 5.32 Å². The number of nitrogens with one attached hydrogen (secondary N) is 1. The van der Waals surface area contributed by atoms with E-state index in [1.807, 2.05) is 0 Å². The zero-order valence-corrected chi connectivity index (χ0v) is 12.9. The lowest BCUT2D eigenvalue weighted by atomic mass is 9.99. The van der Waals surface area contributed by atoms with Crippen molar-refractivity contribution in [3.8, 4) is 0 Å². The van der Waals surface area contributed by atoms with Gasteiger partial charge in [-0.1, -0.05) is 6.92 Å². The lowest BCUT2D eigenvalue weighted by Gasteiger charge is -2.29. The summed E-state index contributed by atoms with van der Waals surface area (Å²) in [6.45, 7) is 4.48. The van der Waals surface area contributed by atoms with Gasteiger partial charge in [-0.3, -0.25) is 9.69 Å². The molecule has 0 spiro atoms. The fourth-order valence-corrected chi connectivity index (χ4v) is 2.87. The SMILES string of the molecule is CC1CCN(CC(=O)Nc2ccc(S(N)(=O)=O)cc2)CC1. The molecule has 0 aliphatic carbocycles. The van der Waals surface area contributed by atoms with Crippen molar-refractivity contribution in [3.05, 3.63) is 24.3 Å². The first-order valence-corrected chi connectivity index (χ1v) is 8.54. The van der Waals surface area contributed by atoms with Gasteiger partial charge in [0.2, 0.25) is 15.9 Å². The standard InChI is InChI=1S/C14H21N3O3S/c1-11-6-8-17(9-7-11)10-14(18)16-12-2-4-13(5-3-12)21(15,19)20/h2-5,11H,6-10H2,1H3,(H,16,18)(H2,15,19,20). The molecule has 0 atom stereocenters. The second-order valence-electron chi connectivity index (χ2n) is 5.58. The summed E-state index contributed by atoms with van der Waals surface area (Å²) < 4.78 is 22.3. The fourth-order valence-electron chi connectivity index (χ4n) is 2.35. The molecule has 1 aromatic carbocycles. The van der Waals surface area contributed by atoms with Crippen LogP contribution in [0.5, 0.6) is 0 Å². The number of primary sulfonamides is 1. The van der Waals surface area contributed by atoms with Gasteiger partial charge in [-0.2, -0.15) is 0 Å². The van der Waals surface area contributed by atoms with Crippen molar-refractivity contribution in [2.75, 3.05) is 25.0 Å². The maximum Gasteiger partial charge on any atom is 0.238 e. The quantitative estimate of drug-likeness (QED) is 0.868. The second kappa shape index (κ2) is 6.55. The van der Waals surface area contributed by atoms with Gasteiger partial charge in [-0.25, -0.2) is 13.6 Å². The van der Waals surface area contributed by atoms with Crippen LogP contribution in [0.3, 0.4) is 0 Å². The van der Waals surface area contributed by atoms with Crippen molar-refractivity contribution in [2.45, 2.75) is 24.7 Å². The molecule has 0 unspecified atom stereocenters. The van der Waals surface area contributed by atoms with Crippen molar-refractivity contribution >= 4 is 21.6 Å². The minimum atomic E-state index is -3.70. The number of nitrogens with two attached hydrogens (primary N) is 1. The summed E-state index contributed by atoms with van der Waals surface area (Å²) in [7, 11) is -3.70. The molecule has 1 amide bonds. The summed E-state index contributed by atoms with van der Waals surface area (Å²) in [6, 6.07) is 5.84. The van der Waals surface area contributed by atoms with Crippen LogP contribution in [0.4, 0.5) is 5.69 Å². The van der Waals surface area contributed by atoms with E-state index in [0.717, 1.165) is 31.8 Å². The lowest BCUT2D eigenvalue weighted by Crippen LogP contribution is -2.38. The molecule has 1 fully saturated rings. The number of benzene rings is 1. The Kier molecular flexibility index (Phi) is 4.97. The molecular weight excluding hydrogens is 290 g/mol. The van der Waals surface area contributed by atoms with E-state index >= 15 is 0 Å². The Morgan fingerprint density at radius 2 is 1.86 bits per heavy atom. The van der Waals surface area contributed by atoms with Crippen LogP contribution >= 0.6 is 0 Å². The number of amides is 1. The third-order valence-electron chi connectivity index (χ3n) is 3.71. The Morgan fingerprint density at radius 1 is 1.29 bits per heavy atom. The molecular formula is C14H21N3O3S. The highest BCUT2D eigenvalue weighted by atomic mass is 32.2. The molecule has 1 aliphatic heterocycles. The Hall–Kier alpha value is -1.44. The van der Waals surface area contributed by atoms with Crippen molar-refractivity contribution in [1.82, 2.24) is 4.90 Å². The molecule has 1 aliphatic rings. The monoisotopic (exact) mass is 311 g/mol. The van der Waals surface area contributed by atoms with Crippen LogP contribution in [0, 0.1) is 5.92 Å². The number of carbonyl (C=O) groups is 1. The molecule has 21 heavy (non-hydrogen) atoms. The Balaban J connectivity index is 1.88. The van der Waals surface area contributed by atoms with E-state index in [0.29, 0.717) is 12.2 Å². The molecule has 0 radical (unpaired) electrons. The smallest absolute Gasteiger partial charge is 0.238 e. The van der Waals surface area contributed by atoms with Gasteiger partial charge in [-0.15, -0.1) is 0 Å². The van der Waals surface area contributed by atoms with Gasteiger partial charge in [0.15, 0.2) is 0 Å². The largest absolute Gasteiger partial charge is 0.325 e. The molecule has 2 rings (SSSR count). The van der Waals surface area contributed by atoms with Gasteiger partial charge >= 0.3 is 0 Å². The van der Waals surface area contributed by atoms with E-state index in [4.69, 9.17) is 5.14 Å². The van der Waals surface area contributed by atoms with Crippen LogP contribution in [-0.2, 0) is 14.8 Å². The molecule has 6 nitrogen and oxygen atoms in total. The third-order valence-corrected chi connectivity index (χ3v) is 4.64. The zero-order chi connectivity index (χ0) is 15.5. The van der Waals surface area contributed by atoms with E-state index in [-0.39, 0.29) is 10.8 Å². The second-order valence-corrected chi connectivity index (χ2v) is 7.14.